The molecule has 54 heavy (non-hydrogen) atoms. The molecule has 0 spiro atoms. The zero-order valence-electron chi connectivity index (χ0n) is 30.2. The molecule has 13 heteroatoms. The van der Waals surface area contributed by atoms with Gasteiger partial charge in [-0.1, -0.05) is 36.3 Å². The molecule has 5 atom stereocenters. The molecule has 5 aliphatic heterocycles. The molecule has 7 heterocycles. The van der Waals surface area contributed by atoms with E-state index in [4.69, 9.17) is 20.9 Å². The van der Waals surface area contributed by atoms with Crippen LogP contribution in [0.1, 0.15) is 37.7 Å². The molecule has 0 unspecified atom stereocenters. The van der Waals surface area contributed by atoms with Crippen LogP contribution in [0.4, 0.5) is 19.0 Å². The van der Waals surface area contributed by atoms with Gasteiger partial charge in [-0.15, -0.1) is 6.42 Å². The van der Waals surface area contributed by atoms with Gasteiger partial charge in [0.25, 0.3) is 0 Å². The number of ether oxygens (including phenoxy) is 2. The number of carbonyl (C=O) groups is 1. The fraction of sp³-hybridized carbons (Fsp3) is 0.463. The highest BCUT2D eigenvalue weighted by Crippen LogP contribution is 2.41. The third-order valence-corrected chi connectivity index (χ3v) is 12.2. The number of amides is 1. The molecule has 5 saturated heterocycles. The predicted molar refractivity (Wildman–Crippen MR) is 199 cm³/mol. The molecular formula is C41H42F3N7O3. The van der Waals surface area contributed by atoms with Crippen molar-refractivity contribution in [1.29, 1.82) is 0 Å². The minimum absolute atomic E-state index is 0.0204. The summed E-state index contributed by atoms with van der Waals surface area (Å²) in [4.78, 5) is 35.5. The van der Waals surface area contributed by atoms with Gasteiger partial charge in [-0.25, -0.2) is 13.2 Å². The molecule has 10 nitrogen and oxygen atoms in total. The first-order valence-corrected chi connectivity index (χ1v) is 18.8. The van der Waals surface area contributed by atoms with E-state index in [1.165, 1.54) is 12.3 Å². The number of likely N-dealkylation sites (tertiary alicyclic amines) is 2. The lowest BCUT2D eigenvalue weighted by molar-refractivity contribution is -0.125. The largest absolute Gasteiger partial charge is 0.461 e. The lowest BCUT2D eigenvalue weighted by Crippen LogP contribution is -2.43. The van der Waals surface area contributed by atoms with Gasteiger partial charge in [0, 0.05) is 81.5 Å². The number of rotatable bonds is 9. The molecule has 0 saturated carbocycles. The van der Waals surface area contributed by atoms with E-state index in [1.807, 2.05) is 22.9 Å². The molecule has 2 bridgehead atoms. The van der Waals surface area contributed by atoms with Crippen LogP contribution in [0.3, 0.4) is 0 Å². The number of benzene rings is 2. The predicted octanol–water partition coefficient (Wildman–Crippen LogP) is 5.13. The number of anilines is 1. The Morgan fingerprint density at radius 3 is 2.89 bits per heavy atom. The Kier molecular flexibility index (Phi) is 8.95. The van der Waals surface area contributed by atoms with E-state index in [0.29, 0.717) is 78.7 Å². The molecule has 0 radical (unpaired) electrons. The van der Waals surface area contributed by atoms with Crippen molar-refractivity contribution in [2.75, 3.05) is 64.4 Å². The molecule has 2 aromatic carbocycles. The van der Waals surface area contributed by atoms with Gasteiger partial charge in [-0.3, -0.25) is 19.6 Å². The SMILES string of the molecule is C#Cc1c(F)ccc2cccc(-c3ncc4c(N(C)[C@@H]5CCN(C(=O)/C=C/CN6C[C@@H]7C[C@H]6CO7)C5)nc(OC[C@@]56CCCN5C[C@H](F)C6)nc4c3F)c12. The second-order valence-electron chi connectivity index (χ2n) is 15.4. The number of likely N-dealkylation sites (N-methyl/N-ethyl adjacent to an activating group) is 1. The van der Waals surface area contributed by atoms with Crippen molar-refractivity contribution in [2.45, 2.75) is 62.0 Å². The average molecular weight is 738 g/mol. The van der Waals surface area contributed by atoms with E-state index >= 15 is 4.39 Å². The van der Waals surface area contributed by atoms with Crippen LogP contribution in [0.2, 0.25) is 0 Å². The fourth-order valence-electron chi connectivity index (χ4n) is 9.41. The van der Waals surface area contributed by atoms with E-state index < -0.39 is 23.3 Å². The van der Waals surface area contributed by atoms with E-state index in [2.05, 4.69) is 25.7 Å². The van der Waals surface area contributed by atoms with Gasteiger partial charge in [0.2, 0.25) is 5.91 Å². The maximum atomic E-state index is 17.0. The zero-order valence-corrected chi connectivity index (χ0v) is 30.2. The number of morpholine rings is 1. The Bertz CT molecular complexity index is 2210. The van der Waals surface area contributed by atoms with E-state index in [1.54, 1.807) is 30.3 Å². The maximum Gasteiger partial charge on any atom is 0.319 e. The van der Waals surface area contributed by atoms with Crippen molar-refractivity contribution in [3.05, 3.63) is 65.9 Å². The highest BCUT2D eigenvalue weighted by Gasteiger charge is 2.49. The lowest BCUT2D eigenvalue weighted by Gasteiger charge is -2.31. The van der Waals surface area contributed by atoms with Gasteiger partial charge in [0.05, 0.1) is 29.2 Å². The van der Waals surface area contributed by atoms with Crippen LogP contribution in [0.5, 0.6) is 6.01 Å². The Morgan fingerprint density at radius 1 is 1.19 bits per heavy atom. The van der Waals surface area contributed by atoms with Crippen LogP contribution in [-0.2, 0) is 9.53 Å². The van der Waals surface area contributed by atoms with E-state index in [0.717, 1.165) is 39.0 Å². The summed E-state index contributed by atoms with van der Waals surface area (Å²) in [6.07, 6.45) is 14.0. The van der Waals surface area contributed by atoms with Gasteiger partial charge in [-0.2, -0.15) is 9.97 Å². The van der Waals surface area contributed by atoms with Crippen molar-refractivity contribution in [1.82, 2.24) is 29.7 Å². The number of fused-ring (bicyclic) bond motifs is 5. The molecule has 2 aromatic heterocycles. The summed E-state index contributed by atoms with van der Waals surface area (Å²) in [5.41, 5.74) is -0.171. The Labute approximate surface area is 311 Å². The molecule has 5 fully saturated rings. The van der Waals surface area contributed by atoms with Crippen LogP contribution in [0, 0.1) is 24.0 Å². The monoisotopic (exact) mass is 737 g/mol. The molecule has 0 aliphatic carbocycles. The van der Waals surface area contributed by atoms with Gasteiger partial charge >= 0.3 is 6.01 Å². The normalized spacial score (nSPS) is 26.8. The summed E-state index contributed by atoms with van der Waals surface area (Å²) in [5.74, 6) is 1.46. The summed E-state index contributed by atoms with van der Waals surface area (Å²) in [7, 11) is 1.87. The first-order valence-electron chi connectivity index (χ1n) is 18.8. The number of alkyl halides is 1. The molecule has 0 N–H and O–H groups in total. The van der Waals surface area contributed by atoms with E-state index in [9.17, 15) is 13.6 Å². The molecular weight excluding hydrogens is 695 g/mol. The summed E-state index contributed by atoms with van der Waals surface area (Å²) >= 11 is 0. The van der Waals surface area contributed by atoms with Crippen LogP contribution < -0.4 is 9.64 Å². The molecule has 5 aliphatic rings. The second kappa shape index (κ2) is 13.8. The molecule has 9 rings (SSSR count). The summed E-state index contributed by atoms with van der Waals surface area (Å²) in [6.45, 7) is 4.71. The number of hydrogen-bond acceptors (Lipinski definition) is 9. The first-order chi connectivity index (χ1) is 26.2. The topological polar surface area (TPSA) is 87.2 Å². The summed E-state index contributed by atoms with van der Waals surface area (Å²) in [6, 6.07) is 8.35. The van der Waals surface area contributed by atoms with Gasteiger partial charge in [-0.05, 0) is 43.7 Å². The molecule has 4 aromatic rings. The highest BCUT2D eigenvalue weighted by molar-refractivity contribution is 6.02. The molecule has 1 amide bonds. The smallest absolute Gasteiger partial charge is 0.319 e. The van der Waals surface area contributed by atoms with Crippen molar-refractivity contribution < 1.29 is 27.4 Å². The third kappa shape index (κ3) is 6.04. The Morgan fingerprint density at radius 2 is 2.07 bits per heavy atom. The highest BCUT2D eigenvalue weighted by atomic mass is 19.1. The number of nitrogens with zero attached hydrogens (tertiary/aromatic N) is 7. The van der Waals surface area contributed by atoms with Crippen molar-refractivity contribution >= 4 is 33.4 Å². The lowest BCUT2D eigenvalue weighted by atomic mass is 9.95. The maximum absolute atomic E-state index is 17.0. The molecule has 280 valence electrons. The minimum Gasteiger partial charge on any atom is -0.461 e. The van der Waals surface area contributed by atoms with Gasteiger partial charge in [0.1, 0.15) is 35.6 Å². The average Bonchev–Trinajstić information content (AvgIpc) is 4.02. The number of hydrogen-bond donors (Lipinski definition) is 0. The Hall–Kier alpha value is -4.77. The number of pyridine rings is 1. The van der Waals surface area contributed by atoms with E-state index in [-0.39, 0.29) is 41.3 Å². The van der Waals surface area contributed by atoms with Gasteiger partial charge < -0.3 is 19.3 Å². The van der Waals surface area contributed by atoms with Crippen LogP contribution in [0.25, 0.3) is 32.9 Å². The van der Waals surface area contributed by atoms with Crippen LogP contribution in [-0.4, -0.2) is 125 Å². The number of halogens is 3. The van der Waals surface area contributed by atoms with Gasteiger partial charge in [0.15, 0.2) is 5.82 Å². The number of aromatic nitrogens is 3. The number of terminal acetylenes is 1. The van der Waals surface area contributed by atoms with Crippen molar-refractivity contribution in [2.24, 2.45) is 0 Å². The van der Waals surface area contributed by atoms with Crippen molar-refractivity contribution in [3.8, 4) is 29.6 Å². The quantitative estimate of drug-likeness (QED) is 0.172. The fourth-order valence-corrected chi connectivity index (χ4v) is 9.41. The Balaban J connectivity index is 1.03. The zero-order chi connectivity index (χ0) is 37.1. The van der Waals surface area contributed by atoms with Crippen LogP contribution >= 0.6 is 0 Å². The van der Waals surface area contributed by atoms with Crippen molar-refractivity contribution in [3.63, 3.8) is 0 Å². The second-order valence-corrected chi connectivity index (χ2v) is 15.4. The standard InChI is InChI=1S/C41H42F3N7O3/c1-3-30-33(43)11-10-25-7-4-8-31(35(25)30)37-36(44)38-32(19-45-37)39(47-40(46-38)54-24-41-13-6-15-51(41)20-26(42)18-41)48(2)27-12-16-50(21-27)34(52)9-5-14-49-22-29-17-28(49)23-53-29/h1,4-5,7-11,19,26-29H,6,12-18,20-24H2,2H3/b9-5+/t26-,27-,28+,29+,41+/m1/s1. The summed E-state index contributed by atoms with van der Waals surface area (Å²) in [5, 5.41) is 1.38. The van der Waals surface area contributed by atoms with Crippen LogP contribution in [0.15, 0.2) is 48.7 Å². The number of carbonyl (C=O) groups excluding carboxylic acids is 1. The third-order valence-electron chi connectivity index (χ3n) is 12.2. The summed E-state index contributed by atoms with van der Waals surface area (Å²) < 4.78 is 58.5. The minimum atomic E-state index is -0.939. The first kappa shape index (κ1) is 35.0.